The lowest BCUT2D eigenvalue weighted by Gasteiger charge is -2.18. The average molecular weight is 156 g/mol. The molecule has 0 nitrogen and oxygen atoms in total. The van der Waals surface area contributed by atoms with Crippen LogP contribution in [0, 0.1) is 11.8 Å². The van der Waals surface area contributed by atoms with Gasteiger partial charge in [-0.2, -0.15) is 0 Å². The second-order valence-electron chi connectivity index (χ2n) is 3.61. The molecular weight excluding hydrogens is 139 g/mol. The second kappa shape index (κ2) is 3.89. The third-order valence-electron chi connectivity index (χ3n) is 2.70. The molecule has 0 aromatic carbocycles. The summed E-state index contributed by atoms with van der Waals surface area (Å²) >= 11 is 0. The van der Waals surface area contributed by atoms with Crippen LogP contribution in [0.2, 0.25) is 0 Å². The van der Waals surface area contributed by atoms with Crippen LogP contribution >= 0.6 is 0 Å². The summed E-state index contributed by atoms with van der Waals surface area (Å²) in [6.07, 6.45) is 5.54. The van der Waals surface area contributed by atoms with Crippen LogP contribution in [-0.4, -0.2) is 6.17 Å². The van der Waals surface area contributed by atoms with E-state index in [0.29, 0.717) is 0 Å². The molecule has 0 bridgehead atoms. The topological polar surface area (TPSA) is 0 Å². The molecule has 11 heavy (non-hydrogen) atoms. The highest BCUT2D eigenvalue weighted by Crippen LogP contribution is 2.30. The van der Waals surface area contributed by atoms with Gasteiger partial charge in [0, 0.05) is 5.92 Å². The van der Waals surface area contributed by atoms with Gasteiger partial charge in [-0.15, -0.1) is 6.58 Å². The Labute approximate surface area is 68.5 Å². The Morgan fingerprint density at radius 2 is 2.00 bits per heavy atom. The molecule has 0 aromatic rings. The Morgan fingerprint density at radius 1 is 1.36 bits per heavy atom. The summed E-state index contributed by atoms with van der Waals surface area (Å²) in [6, 6.07) is 0. The van der Waals surface area contributed by atoms with Gasteiger partial charge in [0.1, 0.15) is 6.17 Å². The molecule has 0 heterocycles. The van der Waals surface area contributed by atoms with Crippen molar-refractivity contribution in [2.24, 2.45) is 11.8 Å². The van der Waals surface area contributed by atoms with E-state index in [0.717, 1.165) is 12.8 Å². The van der Waals surface area contributed by atoms with Crippen molar-refractivity contribution in [3.05, 3.63) is 12.7 Å². The van der Waals surface area contributed by atoms with Gasteiger partial charge in [0.05, 0.1) is 0 Å². The van der Waals surface area contributed by atoms with Crippen molar-refractivity contribution in [1.82, 2.24) is 0 Å². The molecule has 1 rings (SSSR count). The molecule has 0 saturated heterocycles. The minimum Gasteiger partial charge on any atom is -0.247 e. The number of rotatable bonds is 1. The lowest BCUT2D eigenvalue weighted by atomic mass is 9.92. The third kappa shape index (κ3) is 2.05. The average Bonchev–Trinajstić information content (AvgIpc) is 2.16. The summed E-state index contributed by atoms with van der Waals surface area (Å²) in [7, 11) is 0. The van der Waals surface area contributed by atoms with Crippen LogP contribution in [0.1, 0.15) is 32.6 Å². The van der Waals surface area contributed by atoms with Crippen molar-refractivity contribution >= 4 is 0 Å². The largest absolute Gasteiger partial charge is 0.247 e. The molecule has 1 aliphatic carbocycles. The summed E-state index contributed by atoms with van der Waals surface area (Å²) in [5, 5.41) is 0. The van der Waals surface area contributed by atoms with E-state index in [2.05, 4.69) is 6.58 Å². The number of halogens is 1. The first-order chi connectivity index (χ1) is 5.25. The van der Waals surface area contributed by atoms with Crippen molar-refractivity contribution < 1.29 is 4.39 Å². The predicted octanol–water partition coefficient (Wildman–Crippen LogP) is 3.34. The standard InChI is InChI=1S/C10H17F/c1-3-9-7-5-4-6-8(2)10(9)11/h3,8-10H,1,4-7H2,2H3. The van der Waals surface area contributed by atoms with Crippen LogP contribution in [-0.2, 0) is 0 Å². The minimum absolute atomic E-state index is 0.118. The Hall–Kier alpha value is -0.330. The SMILES string of the molecule is C=CC1CCCCC(C)C1F. The summed E-state index contributed by atoms with van der Waals surface area (Å²) < 4.78 is 13.4. The van der Waals surface area contributed by atoms with E-state index in [4.69, 9.17) is 0 Å². The van der Waals surface area contributed by atoms with Gasteiger partial charge in [-0.05, 0) is 18.8 Å². The van der Waals surface area contributed by atoms with E-state index < -0.39 is 6.17 Å². The molecule has 1 aliphatic rings. The fourth-order valence-electron chi connectivity index (χ4n) is 1.83. The molecule has 1 fully saturated rings. The Kier molecular flexibility index (Phi) is 3.10. The molecule has 0 radical (unpaired) electrons. The summed E-state index contributed by atoms with van der Waals surface area (Å²) in [5.41, 5.74) is 0. The van der Waals surface area contributed by atoms with Crippen molar-refractivity contribution in [3.63, 3.8) is 0 Å². The van der Waals surface area contributed by atoms with Crippen molar-refractivity contribution in [2.75, 3.05) is 0 Å². The molecular formula is C10H17F. The first kappa shape index (κ1) is 8.76. The smallest absolute Gasteiger partial charge is 0.109 e. The number of hydrogen-bond donors (Lipinski definition) is 0. The first-order valence-corrected chi connectivity index (χ1v) is 4.52. The lowest BCUT2D eigenvalue weighted by Crippen LogP contribution is -2.19. The Bertz CT molecular complexity index is 131. The molecule has 0 amide bonds. The molecule has 3 atom stereocenters. The highest BCUT2D eigenvalue weighted by molar-refractivity contribution is 4.88. The normalized spacial score (nSPS) is 39.6. The van der Waals surface area contributed by atoms with E-state index in [-0.39, 0.29) is 11.8 Å². The van der Waals surface area contributed by atoms with E-state index in [1.807, 2.05) is 6.92 Å². The first-order valence-electron chi connectivity index (χ1n) is 4.52. The molecule has 1 heteroatoms. The molecule has 0 aliphatic heterocycles. The van der Waals surface area contributed by atoms with E-state index in [1.54, 1.807) is 6.08 Å². The Balaban J connectivity index is 2.56. The summed E-state index contributed by atoms with van der Waals surface area (Å²) in [5.74, 6) is 0.355. The molecule has 0 spiro atoms. The van der Waals surface area contributed by atoms with E-state index in [1.165, 1.54) is 12.8 Å². The van der Waals surface area contributed by atoms with E-state index >= 15 is 0 Å². The van der Waals surface area contributed by atoms with Gasteiger partial charge in [-0.1, -0.05) is 25.8 Å². The number of allylic oxidation sites excluding steroid dienone is 1. The van der Waals surface area contributed by atoms with Crippen LogP contribution in [0.25, 0.3) is 0 Å². The van der Waals surface area contributed by atoms with Crippen molar-refractivity contribution in [1.29, 1.82) is 0 Å². The highest BCUT2D eigenvalue weighted by Gasteiger charge is 2.26. The third-order valence-corrected chi connectivity index (χ3v) is 2.70. The second-order valence-corrected chi connectivity index (χ2v) is 3.61. The molecule has 64 valence electrons. The van der Waals surface area contributed by atoms with E-state index in [9.17, 15) is 4.39 Å². The van der Waals surface area contributed by atoms with Gasteiger partial charge >= 0.3 is 0 Å². The van der Waals surface area contributed by atoms with Gasteiger partial charge in [-0.25, -0.2) is 4.39 Å². The fraction of sp³-hybridized carbons (Fsp3) is 0.800. The van der Waals surface area contributed by atoms with Crippen LogP contribution in [0.3, 0.4) is 0 Å². The highest BCUT2D eigenvalue weighted by atomic mass is 19.1. The van der Waals surface area contributed by atoms with Crippen LogP contribution in [0.15, 0.2) is 12.7 Å². The fourth-order valence-corrected chi connectivity index (χ4v) is 1.83. The number of alkyl halides is 1. The van der Waals surface area contributed by atoms with Crippen LogP contribution in [0.5, 0.6) is 0 Å². The zero-order chi connectivity index (χ0) is 8.27. The zero-order valence-electron chi connectivity index (χ0n) is 7.22. The van der Waals surface area contributed by atoms with Crippen molar-refractivity contribution in [3.8, 4) is 0 Å². The van der Waals surface area contributed by atoms with Gasteiger partial charge in [0.25, 0.3) is 0 Å². The summed E-state index contributed by atoms with van der Waals surface area (Å²) in [6.45, 7) is 5.68. The summed E-state index contributed by atoms with van der Waals surface area (Å²) in [4.78, 5) is 0. The Morgan fingerprint density at radius 3 is 2.64 bits per heavy atom. The van der Waals surface area contributed by atoms with Gasteiger partial charge in [0.15, 0.2) is 0 Å². The lowest BCUT2D eigenvalue weighted by molar-refractivity contribution is 0.189. The van der Waals surface area contributed by atoms with Gasteiger partial charge in [0.2, 0.25) is 0 Å². The quantitative estimate of drug-likeness (QED) is 0.403. The maximum atomic E-state index is 13.4. The van der Waals surface area contributed by atoms with Crippen molar-refractivity contribution in [2.45, 2.75) is 38.8 Å². The molecule has 0 aromatic heterocycles. The maximum absolute atomic E-state index is 13.4. The zero-order valence-corrected chi connectivity index (χ0v) is 7.22. The molecule has 0 N–H and O–H groups in total. The van der Waals surface area contributed by atoms with Gasteiger partial charge < -0.3 is 0 Å². The molecule has 1 saturated carbocycles. The van der Waals surface area contributed by atoms with Gasteiger partial charge in [-0.3, -0.25) is 0 Å². The minimum atomic E-state index is -0.644. The van der Waals surface area contributed by atoms with Crippen LogP contribution in [0.4, 0.5) is 4.39 Å². The monoisotopic (exact) mass is 156 g/mol. The van der Waals surface area contributed by atoms with Crippen LogP contribution < -0.4 is 0 Å². The number of hydrogen-bond acceptors (Lipinski definition) is 0. The maximum Gasteiger partial charge on any atom is 0.109 e. The molecule has 3 unspecified atom stereocenters. The predicted molar refractivity (Wildman–Crippen MR) is 46.2 cm³/mol.